The molecule has 0 aliphatic carbocycles. The standard InChI is InChI=1S/C18H17N5O/c1-11-12(2)20-15-7-6-13(9-14(11)15)18(24)19-10-17-22-21-16-5-3-4-8-23(16)17/h3-9,20H,10H2,1-2H3,(H,19,24). The number of benzene rings is 1. The molecule has 1 aromatic carbocycles. The molecule has 0 radical (unpaired) electrons. The number of fused-ring (bicyclic) bond motifs is 2. The lowest BCUT2D eigenvalue weighted by molar-refractivity contribution is 0.0950. The van der Waals surface area contributed by atoms with Crippen LogP contribution in [0.15, 0.2) is 42.6 Å². The van der Waals surface area contributed by atoms with Crippen LogP contribution in [-0.2, 0) is 6.54 Å². The van der Waals surface area contributed by atoms with Crippen LogP contribution in [0, 0.1) is 13.8 Å². The number of hydrogen-bond donors (Lipinski definition) is 2. The monoisotopic (exact) mass is 319 g/mol. The zero-order valence-corrected chi connectivity index (χ0v) is 13.5. The Morgan fingerprint density at radius 2 is 2.08 bits per heavy atom. The molecule has 0 spiro atoms. The first-order valence-corrected chi connectivity index (χ1v) is 7.79. The number of aryl methyl sites for hydroxylation is 2. The van der Waals surface area contributed by atoms with Gasteiger partial charge in [-0.15, -0.1) is 10.2 Å². The van der Waals surface area contributed by atoms with E-state index in [1.165, 1.54) is 5.56 Å². The number of nitrogens with zero attached hydrogens (tertiary/aromatic N) is 3. The van der Waals surface area contributed by atoms with Crippen molar-refractivity contribution in [3.63, 3.8) is 0 Å². The van der Waals surface area contributed by atoms with E-state index in [0.717, 1.165) is 22.2 Å². The predicted molar refractivity (Wildman–Crippen MR) is 91.9 cm³/mol. The van der Waals surface area contributed by atoms with Crippen molar-refractivity contribution >= 4 is 22.5 Å². The van der Waals surface area contributed by atoms with Crippen LogP contribution >= 0.6 is 0 Å². The van der Waals surface area contributed by atoms with Crippen molar-refractivity contribution < 1.29 is 4.79 Å². The summed E-state index contributed by atoms with van der Waals surface area (Å²) in [7, 11) is 0. The second-order valence-corrected chi connectivity index (χ2v) is 5.86. The van der Waals surface area contributed by atoms with Gasteiger partial charge in [0.15, 0.2) is 11.5 Å². The summed E-state index contributed by atoms with van der Waals surface area (Å²) in [6.45, 7) is 4.41. The zero-order chi connectivity index (χ0) is 16.7. The fourth-order valence-electron chi connectivity index (χ4n) is 2.88. The molecular formula is C18H17N5O. The minimum absolute atomic E-state index is 0.122. The third-order valence-corrected chi connectivity index (χ3v) is 4.36. The molecule has 0 atom stereocenters. The number of H-pyrrole nitrogens is 1. The first kappa shape index (κ1) is 14.4. The highest BCUT2D eigenvalue weighted by molar-refractivity contribution is 5.99. The largest absolute Gasteiger partial charge is 0.358 e. The molecule has 3 aromatic heterocycles. The molecule has 6 nitrogen and oxygen atoms in total. The van der Waals surface area contributed by atoms with E-state index in [1.54, 1.807) is 0 Å². The molecule has 0 aliphatic rings. The van der Waals surface area contributed by atoms with Crippen LogP contribution in [0.5, 0.6) is 0 Å². The fraction of sp³-hybridized carbons (Fsp3) is 0.167. The highest BCUT2D eigenvalue weighted by Gasteiger charge is 2.11. The summed E-state index contributed by atoms with van der Waals surface area (Å²) in [5, 5.41) is 12.2. The van der Waals surface area contributed by atoms with Crippen LogP contribution in [0.25, 0.3) is 16.6 Å². The van der Waals surface area contributed by atoms with Gasteiger partial charge in [0.05, 0.1) is 6.54 Å². The van der Waals surface area contributed by atoms with E-state index in [4.69, 9.17) is 0 Å². The Kier molecular flexibility index (Phi) is 3.30. The number of carbonyl (C=O) groups is 1. The molecule has 6 heteroatoms. The Morgan fingerprint density at radius 1 is 1.21 bits per heavy atom. The summed E-state index contributed by atoms with van der Waals surface area (Å²) in [6.07, 6.45) is 1.88. The Bertz CT molecular complexity index is 1060. The minimum Gasteiger partial charge on any atom is -0.358 e. The molecular weight excluding hydrogens is 302 g/mol. The smallest absolute Gasteiger partial charge is 0.251 e. The van der Waals surface area contributed by atoms with Crippen molar-refractivity contribution in [2.45, 2.75) is 20.4 Å². The Labute approximate surface area is 138 Å². The number of nitrogens with one attached hydrogen (secondary N) is 2. The number of aromatic nitrogens is 4. The second kappa shape index (κ2) is 5.49. The van der Waals surface area contributed by atoms with E-state index >= 15 is 0 Å². The van der Waals surface area contributed by atoms with Gasteiger partial charge in [0.1, 0.15) is 0 Å². The maximum Gasteiger partial charge on any atom is 0.251 e. The van der Waals surface area contributed by atoms with Crippen LogP contribution in [0.3, 0.4) is 0 Å². The van der Waals surface area contributed by atoms with Crippen LogP contribution in [0.4, 0.5) is 0 Å². The van der Waals surface area contributed by atoms with Gasteiger partial charge in [-0.25, -0.2) is 0 Å². The van der Waals surface area contributed by atoms with Crippen molar-refractivity contribution in [3.05, 3.63) is 65.2 Å². The molecule has 1 amide bonds. The average Bonchev–Trinajstić information content (AvgIpc) is 3.14. The van der Waals surface area contributed by atoms with Crippen LogP contribution in [0.1, 0.15) is 27.4 Å². The van der Waals surface area contributed by atoms with Crippen LogP contribution < -0.4 is 5.32 Å². The molecule has 0 unspecified atom stereocenters. The van der Waals surface area contributed by atoms with E-state index < -0.39 is 0 Å². The molecule has 120 valence electrons. The first-order chi connectivity index (χ1) is 11.6. The molecule has 24 heavy (non-hydrogen) atoms. The van der Waals surface area contributed by atoms with Gasteiger partial charge >= 0.3 is 0 Å². The topological polar surface area (TPSA) is 75.1 Å². The van der Waals surface area contributed by atoms with Crippen molar-refractivity contribution in [2.24, 2.45) is 0 Å². The van der Waals surface area contributed by atoms with Gasteiger partial charge in [0.2, 0.25) is 0 Å². The molecule has 4 rings (SSSR count). The summed E-state index contributed by atoms with van der Waals surface area (Å²) in [6, 6.07) is 11.4. The van der Waals surface area contributed by atoms with Crippen molar-refractivity contribution in [1.82, 2.24) is 24.9 Å². The molecule has 0 saturated carbocycles. The van der Waals surface area contributed by atoms with Gasteiger partial charge in [-0.2, -0.15) is 0 Å². The zero-order valence-electron chi connectivity index (χ0n) is 13.5. The lowest BCUT2D eigenvalue weighted by Crippen LogP contribution is -2.23. The molecule has 0 aliphatic heterocycles. The van der Waals surface area contributed by atoms with Crippen molar-refractivity contribution in [1.29, 1.82) is 0 Å². The van der Waals surface area contributed by atoms with Gasteiger partial charge in [-0.3, -0.25) is 9.20 Å². The van der Waals surface area contributed by atoms with Gasteiger partial charge in [0, 0.05) is 28.4 Å². The van der Waals surface area contributed by atoms with Crippen molar-refractivity contribution in [3.8, 4) is 0 Å². The average molecular weight is 319 g/mol. The normalized spacial score (nSPS) is 11.2. The summed E-state index contributed by atoms with van der Waals surface area (Å²) in [4.78, 5) is 15.8. The van der Waals surface area contributed by atoms with Crippen molar-refractivity contribution in [2.75, 3.05) is 0 Å². The maximum absolute atomic E-state index is 12.5. The summed E-state index contributed by atoms with van der Waals surface area (Å²) in [5.74, 6) is 0.580. The van der Waals surface area contributed by atoms with Crippen LogP contribution in [-0.4, -0.2) is 25.5 Å². The van der Waals surface area contributed by atoms with E-state index in [-0.39, 0.29) is 5.91 Å². The van der Waals surface area contributed by atoms with Gasteiger partial charge < -0.3 is 10.3 Å². The number of aromatic amines is 1. The lowest BCUT2D eigenvalue weighted by Gasteiger charge is -2.05. The van der Waals surface area contributed by atoms with Gasteiger partial charge in [-0.05, 0) is 49.7 Å². The SMILES string of the molecule is Cc1[nH]c2ccc(C(=O)NCc3nnc4ccccn34)cc2c1C. The van der Waals surface area contributed by atoms with E-state index in [2.05, 4.69) is 27.4 Å². The number of amides is 1. The molecule has 2 N–H and O–H groups in total. The minimum atomic E-state index is -0.122. The van der Waals surface area contributed by atoms with E-state index in [9.17, 15) is 4.79 Å². The Morgan fingerprint density at radius 3 is 2.96 bits per heavy atom. The van der Waals surface area contributed by atoms with Gasteiger partial charge in [-0.1, -0.05) is 6.07 Å². The summed E-state index contributed by atoms with van der Waals surface area (Å²) < 4.78 is 1.86. The number of carbonyl (C=O) groups excluding carboxylic acids is 1. The third-order valence-electron chi connectivity index (χ3n) is 4.36. The summed E-state index contributed by atoms with van der Waals surface area (Å²) >= 11 is 0. The second-order valence-electron chi connectivity index (χ2n) is 5.86. The molecule has 3 heterocycles. The Hall–Kier alpha value is -3.15. The lowest BCUT2D eigenvalue weighted by atomic mass is 10.1. The Balaban J connectivity index is 1.57. The molecule has 0 saturated heterocycles. The quantitative estimate of drug-likeness (QED) is 0.610. The highest BCUT2D eigenvalue weighted by Crippen LogP contribution is 2.22. The van der Waals surface area contributed by atoms with E-state index in [1.807, 2.05) is 53.9 Å². The number of pyridine rings is 1. The van der Waals surface area contributed by atoms with Crippen LogP contribution in [0.2, 0.25) is 0 Å². The first-order valence-electron chi connectivity index (χ1n) is 7.79. The molecule has 4 aromatic rings. The maximum atomic E-state index is 12.5. The van der Waals surface area contributed by atoms with Gasteiger partial charge in [0.25, 0.3) is 5.91 Å². The summed E-state index contributed by atoms with van der Waals surface area (Å²) in [5.41, 5.74) is 4.74. The number of hydrogen-bond acceptors (Lipinski definition) is 3. The number of rotatable bonds is 3. The predicted octanol–water partition coefficient (Wildman–Crippen LogP) is 2.76. The fourth-order valence-corrected chi connectivity index (χ4v) is 2.88. The molecule has 0 bridgehead atoms. The molecule has 0 fully saturated rings. The highest BCUT2D eigenvalue weighted by atomic mass is 16.1. The van der Waals surface area contributed by atoms with E-state index in [0.29, 0.717) is 17.9 Å². The third kappa shape index (κ3) is 2.32.